The van der Waals surface area contributed by atoms with Crippen molar-refractivity contribution in [2.75, 3.05) is 0 Å². The van der Waals surface area contributed by atoms with Crippen LogP contribution in [0.4, 0.5) is 0 Å². The van der Waals surface area contributed by atoms with Gasteiger partial charge < -0.3 is 10.2 Å². The Labute approximate surface area is 167 Å². The molecule has 0 aliphatic carbocycles. The molecule has 0 aromatic carbocycles. The van der Waals surface area contributed by atoms with Gasteiger partial charge in [0.1, 0.15) is 0 Å². The molecule has 0 amide bonds. The largest absolute Gasteiger partial charge is 0.481 e. The van der Waals surface area contributed by atoms with E-state index in [0.29, 0.717) is 19.3 Å². The summed E-state index contributed by atoms with van der Waals surface area (Å²) in [5.74, 6) is -2.62. The summed E-state index contributed by atoms with van der Waals surface area (Å²) in [4.78, 5) is 25.0. The van der Waals surface area contributed by atoms with E-state index in [4.69, 9.17) is 0 Å². The molecule has 0 aliphatic heterocycles. The van der Waals surface area contributed by atoms with Crippen molar-refractivity contribution in [2.45, 2.75) is 106 Å². The first-order valence-corrected chi connectivity index (χ1v) is 10.9. The molecule has 4 atom stereocenters. The average molecular weight is 385 g/mol. The van der Waals surface area contributed by atoms with Gasteiger partial charge in [0, 0.05) is 0 Å². The zero-order valence-electron chi connectivity index (χ0n) is 18.8. The number of unbranched alkanes of at least 4 members (excludes halogenated alkanes) is 2. The van der Waals surface area contributed by atoms with Crippen LogP contribution in [0.15, 0.2) is 0 Å². The predicted octanol–water partition coefficient (Wildman–Crippen LogP) is 6.63. The summed E-state index contributed by atoms with van der Waals surface area (Å²) in [5, 5.41) is 20.4. The van der Waals surface area contributed by atoms with Crippen LogP contribution >= 0.6 is 0 Å². The van der Waals surface area contributed by atoms with E-state index in [1.165, 1.54) is 0 Å². The molecule has 27 heavy (non-hydrogen) atoms. The molecule has 4 heteroatoms. The molecule has 0 heterocycles. The molecule has 2 N–H and O–H groups in total. The second kappa shape index (κ2) is 11.7. The lowest BCUT2D eigenvalue weighted by molar-refractivity contribution is -0.170. The third-order valence-corrected chi connectivity index (χ3v) is 6.17. The molecule has 0 radical (unpaired) electrons. The molecular formula is C23H44O4. The van der Waals surface area contributed by atoms with Gasteiger partial charge in [0.25, 0.3) is 0 Å². The standard InChI is InChI=1S/C23H44O4/c1-8-11-13-18(10-3)15-19(20(24)25)23(21(26)27,14-12-9-2)17(4)16-22(5,6)7/h17-19H,8-16H2,1-7H3,(H,24,25)(H,26,27). The second-order valence-electron chi connectivity index (χ2n) is 9.66. The number of rotatable bonds is 14. The van der Waals surface area contributed by atoms with E-state index >= 15 is 0 Å². The third-order valence-electron chi connectivity index (χ3n) is 6.17. The van der Waals surface area contributed by atoms with Gasteiger partial charge in [0.2, 0.25) is 0 Å². The highest BCUT2D eigenvalue weighted by atomic mass is 16.4. The fourth-order valence-corrected chi connectivity index (χ4v) is 4.65. The minimum absolute atomic E-state index is 0.0399. The molecule has 0 saturated heterocycles. The average Bonchev–Trinajstić information content (AvgIpc) is 2.54. The van der Waals surface area contributed by atoms with Gasteiger partial charge in [-0.15, -0.1) is 0 Å². The Bertz CT molecular complexity index is 452. The summed E-state index contributed by atoms with van der Waals surface area (Å²) in [6.45, 7) is 14.5. The normalized spacial score (nSPS) is 17.7. The molecule has 0 fully saturated rings. The van der Waals surface area contributed by atoms with Crippen molar-refractivity contribution in [3.8, 4) is 0 Å². The first kappa shape index (κ1) is 25.9. The highest BCUT2D eigenvalue weighted by Crippen LogP contribution is 2.48. The van der Waals surface area contributed by atoms with E-state index in [1.54, 1.807) is 0 Å². The van der Waals surface area contributed by atoms with E-state index < -0.39 is 23.3 Å². The summed E-state index contributed by atoms with van der Waals surface area (Å²) in [5.41, 5.74) is -1.24. The summed E-state index contributed by atoms with van der Waals surface area (Å²) in [6, 6.07) is 0. The molecule has 0 spiro atoms. The monoisotopic (exact) mass is 384 g/mol. The van der Waals surface area contributed by atoms with E-state index in [1.807, 2.05) is 13.8 Å². The summed E-state index contributed by atoms with van der Waals surface area (Å²) in [7, 11) is 0. The summed E-state index contributed by atoms with van der Waals surface area (Å²) >= 11 is 0. The Morgan fingerprint density at radius 2 is 1.52 bits per heavy atom. The molecule has 0 aromatic rings. The zero-order valence-corrected chi connectivity index (χ0v) is 18.8. The molecule has 160 valence electrons. The maximum Gasteiger partial charge on any atom is 0.310 e. The topological polar surface area (TPSA) is 74.6 Å². The van der Waals surface area contributed by atoms with Gasteiger partial charge in [-0.25, -0.2) is 0 Å². The van der Waals surface area contributed by atoms with Crippen LogP contribution in [0, 0.1) is 28.6 Å². The Balaban J connectivity index is 6.03. The Hall–Kier alpha value is -1.06. The Morgan fingerprint density at radius 3 is 1.89 bits per heavy atom. The fraction of sp³-hybridized carbons (Fsp3) is 0.913. The van der Waals surface area contributed by atoms with Gasteiger partial charge >= 0.3 is 11.9 Å². The molecule has 0 aliphatic rings. The lowest BCUT2D eigenvalue weighted by Crippen LogP contribution is -2.49. The van der Waals surface area contributed by atoms with Gasteiger partial charge in [0.05, 0.1) is 11.3 Å². The lowest BCUT2D eigenvalue weighted by Gasteiger charge is -2.43. The molecule has 0 aromatic heterocycles. The van der Waals surface area contributed by atoms with E-state index in [0.717, 1.165) is 38.5 Å². The lowest BCUT2D eigenvalue weighted by atomic mass is 9.59. The van der Waals surface area contributed by atoms with Crippen molar-refractivity contribution in [1.82, 2.24) is 0 Å². The van der Waals surface area contributed by atoms with Crippen LogP contribution in [-0.4, -0.2) is 22.2 Å². The van der Waals surface area contributed by atoms with E-state index in [2.05, 4.69) is 34.6 Å². The fourth-order valence-electron chi connectivity index (χ4n) is 4.65. The quantitative estimate of drug-likeness (QED) is 0.352. The molecule has 4 nitrogen and oxygen atoms in total. The highest BCUT2D eigenvalue weighted by Gasteiger charge is 2.53. The van der Waals surface area contributed by atoms with Crippen molar-refractivity contribution in [3.05, 3.63) is 0 Å². The van der Waals surface area contributed by atoms with Gasteiger partial charge in [0.15, 0.2) is 0 Å². The first-order chi connectivity index (χ1) is 12.5. The van der Waals surface area contributed by atoms with Crippen molar-refractivity contribution < 1.29 is 19.8 Å². The van der Waals surface area contributed by atoms with Gasteiger partial charge in [-0.05, 0) is 36.5 Å². The Morgan fingerprint density at radius 1 is 0.963 bits per heavy atom. The molecule has 0 rings (SSSR count). The van der Waals surface area contributed by atoms with Crippen molar-refractivity contribution in [3.63, 3.8) is 0 Å². The SMILES string of the molecule is CCCCC(CC)CC(C(=O)O)C(CCCC)(C(=O)O)C(C)CC(C)(C)C. The minimum atomic E-state index is -1.20. The molecule has 4 unspecified atom stereocenters. The van der Waals surface area contributed by atoms with Crippen molar-refractivity contribution in [2.24, 2.45) is 28.6 Å². The predicted molar refractivity (Wildman–Crippen MR) is 112 cm³/mol. The second-order valence-corrected chi connectivity index (χ2v) is 9.66. The summed E-state index contributed by atoms with van der Waals surface area (Å²) in [6.07, 6.45) is 7.26. The van der Waals surface area contributed by atoms with Gasteiger partial charge in [-0.1, -0.05) is 87.0 Å². The Kier molecular flexibility index (Phi) is 11.2. The van der Waals surface area contributed by atoms with E-state index in [-0.39, 0.29) is 17.3 Å². The molecular weight excluding hydrogens is 340 g/mol. The van der Waals surface area contributed by atoms with Crippen LogP contribution in [0.3, 0.4) is 0 Å². The summed E-state index contributed by atoms with van der Waals surface area (Å²) < 4.78 is 0. The number of hydrogen-bond donors (Lipinski definition) is 2. The third kappa shape index (κ3) is 7.83. The van der Waals surface area contributed by atoms with Crippen LogP contribution in [0.2, 0.25) is 0 Å². The van der Waals surface area contributed by atoms with Gasteiger partial charge in [-0.2, -0.15) is 0 Å². The van der Waals surface area contributed by atoms with Crippen LogP contribution < -0.4 is 0 Å². The van der Waals surface area contributed by atoms with Gasteiger partial charge in [-0.3, -0.25) is 9.59 Å². The van der Waals surface area contributed by atoms with Crippen LogP contribution in [0.5, 0.6) is 0 Å². The zero-order chi connectivity index (χ0) is 21.3. The van der Waals surface area contributed by atoms with Crippen LogP contribution in [0.1, 0.15) is 106 Å². The number of carbonyl (C=O) groups is 2. The highest BCUT2D eigenvalue weighted by molar-refractivity contribution is 5.83. The smallest absolute Gasteiger partial charge is 0.310 e. The number of aliphatic carboxylic acids is 2. The van der Waals surface area contributed by atoms with E-state index in [9.17, 15) is 19.8 Å². The maximum atomic E-state index is 12.6. The molecule has 0 bridgehead atoms. The molecule has 0 saturated carbocycles. The number of carboxylic acids is 2. The van der Waals surface area contributed by atoms with Crippen LogP contribution in [0.25, 0.3) is 0 Å². The van der Waals surface area contributed by atoms with Crippen LogP contribution in [-0.2, 0) is 9.59 Å². The number of hydrogen-bond acceptors (Lipinski definition) is 2. The maximum absolute atomic E-state index is 12.6. The van der Waals surface area contributed by atoms with Crippen molar-refractivity contribution >= 4 is 11.9 Å². The van der Waals surface area contributed by atoms with Crippen molar-refractivity contribution in [1.29, 1.82) is 0 Å². The first-order valence-electron chi connectivity index (χ1n) is 10.9. The minimum Gasteiger partial charge on any atom is -0.481 e. The number of carboxylic acid groups (broad SMARTS) is 2.